The molecular weight excluding hydrogens is 362 g/mol. The number of benzene rings is 1. The minimum atomic E-state index is -0.746. The topological polar surface area (TPSA) is 89.2 Å². The molecule has 0 aliphatic carbocycles. The zero-order valence-electron chi connectivity index (χ0n) is 15.5. The zero-order chi connectivity index (χ0) is 19.7. The van der Waals surface area contributed by atoms with E-state index in [1.54, 1.807) is 37.4 Å². The van der Waals surface area contributed by atoms with Crippen LogP contribution >= 0.6 is 0 Å². The van der Waals surface area contributed by atoms with Crippen LogP contribution in [0.15, 0.2) is 58.4 Å². The second-order valence-corrected chi connectivity index (χ2v) is 6.84. The first-order valence-electron chi connectivity index (χ1n) is 9.18. The predicted molar refractivity (Wildman–Crippen MR) is 99.1 cm³/mol. The summed E-state index contributed by atoms with van der Waals surface area (Å²) in [6.45, 7) is 0.938. The summed E-state index contributed by atoms with van der Waals surface area (Å²) < 4.78 is 16.2. The lowest BCUT2D eigenvalue weighted by molar-refractivity contribution is -0.131. The fraction of sp³-hybridized carbons (Fsp3) is 0.333. The lowest BCUT2D eigenvalue weighted by Gasteiger charge is -2.29. The molecule has 146 valence electrons. The molecule has 2 aromatic rings. The summed E-state index contributed by atoms with van der Waals surface area (Å²) >= 11 is 0. The van der Waals surface area contributed by atoms with E-state index in [1.165, 1.54) is 17.2 Å². The van der Waals surface area contributed by atoms with Gasteiger partial charge in [0.05, 0.1) is 31.1 Å². The summed E-state index contributed by atoms with van der Waals surface area (Å²) in [5.41, 5.74) is 0.677. The second kappa shape index (κ2) is 7.52. The molecule has 0 saturated carbocycles. The van der Waals surface area contributed by atoms with Gasteiger partial charge in [0, 0.05) is 13.2 Å². The first-order valence-corrected chi connectivity index (χ1v) is 9.18. The number of methoxy groups -OCH3 is 1. The molecule has 1 N–H and O–H groups in total. The van der Waals surface area contributed by atoms with Crippen molar-refractivity contribution in [3.63, 3.8) is 0 Å². The van der Waals surface area contributed by atoms with E-state index in [4.69, 9.17) is 13.9 Å². The van der Waals surface area contributed by atoms with Crippen LogP contribution in [0.1, 0.15) is 35.0 Å². The number of aliphatic hydroxyl groups is 1. The van der Waals surface area contributed by atoms with Crippen molar-refractivity contribution in [2.24, 2.45) is 0 Å². The van der Waals surface area contributed by atoms with Crippen LogP contribution in [0.25, 0.3) is 0 Å². The molecule has 2 aliphatic heterocycles. The van der Waals surface area contributed by atoms with Crippen LogP contribution in [0.4, 0.5) is 0 Å². The number of furan rings is 1. The number of ether oxygens (including phenoxy) is 2. The molecule has 7 heteroatoms. The molecule has 1 aromatic carbocycles. The summed E-state index contributed by atoms with van der Waals surface area (Å²) in [5.74, 6) is -0.983. The van der Waals surface area contributed by atoms with E-state index >= 15 is 0 Å². The quantitative estimate of drug-likeness (QED) is 0.772. The van der Waals surface area contributed by atoms with Gasteiger partial charge in [-0.3, -0.25) is 9.59 Å². The van der Waals surface area contributed by atoms with Gasteiger partial charge in [-0.1, -0.05) is 12.1 Å². The maximum atomic E-state index is 13.0. The number of amides is 1. The van der Waals surface area contributed by atoms with E-state index in [1.807, 2.05) is 0 Å². The fourth-order valence-electron chi connectivity index (χ4n) is 3.78. The first kappa shape index (κ1) is 18.3. The van der Waals surface area contributed by atoms with Crippen molar-refractivity contribution in [1.82, 2.24) is 4.90 Å². The third-order valence-electron chi connectivity index (χ3n) is 5.13. The van der Waals surface area contributed by atoms with E-state index in [0.29, 0.717) is 24.5 Å². The number of rotatable bonds is 6. The van der Waals surface area contributed by atoms with Crippen molar-refractivity contribution in [2.75, 3.05) is 20.3 Å². The Bertz CT molecular complexity index is 911. The standard InChI is InChI=1S/C21H21NO6/c1-26-14-6-2-5-13(11-14)18-17(19(23)16-8-4-10-28-16)20(24)21(25)22(18)12-15-7-3-9-27-15/h2,4-6,8,10-11,15,18,24H,3,7,9,12H2,1H3/t15-,18+/m1/s1. The molecule has 1 fully saturated rings. The molecule has 2 atom stereocenters. The number of hydrogen-bond acceptors (Lipinski definition) is 6. The summed E-state index contributed by atoms with van der Waals surface area (Å²) in [5, 5.41) is 10.6. The Morgan fingerprint density at radius 3 is 2.86 bits per heavy atom. The highest BCUT2D eigenvalue weighted by Crippen LogP contribution is 2.40. The van der Waals surface area contributed by atoms with Crippen molar-refractivity contribution in [2.45, 2.75) is 25.0 Å². The number of carbonyl (C=O) groups excluding carboxylic acids is 2. The number of carbonyl (C=O) groups is 2. The molecule has 4 rings (SSSR count). The fourth-order valence-corrected chi connectivity index (χ4v) is 3.78. The van der Waals surface area contributed by atoms with Gasteiger partial charge in [0.2, 0.25) is 5.78 Å². The molecule has 0 bridgehead atoms. The maximum absolute atomic E-state index is 13.0. The van der Waals surface area contributed by atoms with Crippen molar-refractivity contribution >= 4 is 11.7 Å². The minimum Gasteiger partial charge on any atom is -0.503 e. The van der Waals surface area contributed by atoms with Gasteiger partial charge in [-0.25, -0.2) is 0 Å². The summed E-state index contributed by atoms with van der Waals surface area (Å²) in [6, 6.07) is 9.48. The SMILES string of the molecule is COc1cccc([C@H]2C(C(=O)c3ccco3)=C(O)C(=O)N2C[C@H]2CCCO2)c1. The van der Waals surface area contributed by atoms with Crippen LogP contribution in [0, 0.1) is 0 Å². The number of aliphatic hydroxyl groups excluding tert-OH is 1. The van der Waals surface area contributed by atoms with Gasteiger partial charge in [0.25, 0.3) is 5.91 Å². The van der Waals surface area contributed by atoms with Crippen molar-refractivity contribution in [3.8, 4) is 5.75 Å². The number of Topliss-reactive ketones (excluding diaryl/α,β-unsaturated/α-hetero) is 1. The van der Waals surface area contributed by atoms with Gasteiger partial charge < -0.3 is 23.9 Å². The summed E-state index contributed by atoms with van der Waals surface area (Å²) in [7, 11) is 1.55. The van der Waals surface area contributed by atoms with Crippen LogP contribution < -0.4 is 4.74 Å². The molecule has 0 unspecified atom stereocenters. The molecule has 1 saturated heterocycles. The van der Waals surface area contributed by atoms with E-state index in [2.05, 4.69) is 0 Å². The van der Waals surface area contributed by atoms with Gasteiger partial charge in [0.1, 0.15) is 5.75 Å². The van der Waals surface area contributed by atoms with E-state index in [0.717, 1.165) is 12.8 Å². The van der Waals surface area contributed by atoms with Crippen LogP contribution in [-0.4, -0.2) is 48.1 Å². The average molecular weight is 383 g/mol. The van der Waals surface area contributed by atoms with Gasteiger partial charge in [-0.05, 0) is 42.7 Å². The number of nitrogens with zero attached hydrogens (tertiary/aromatic N) is 1. The van der Waals surface area contributed by atoms with E-state index in [-0.39, 0.29) is 17.4 Å². The lowest BCUT2D eigenvalue weighted by Crippen LogP contribution is -2.37. The highest BCUT2D eigenvalue weighted by Gasteiger charge is 2.45. The van der Waals surface area contributed by atoms with Crippen molar-refractivity contribution in [3.05, 3.63) is 65.3 Å². The number of hydrogen-bond donors (Lipinski definition) is 1. The largest absolute Gasteiger partial charge is 0.503 e. The predicted octanol–water partition coefficient (Wildman–Crippen LogP) is 3.05. The Balaban J connectivity index is 1.77. The zero-order valence-corrected chi connectivity index (χ0v) is 15.5. The van der Waals surface area contributed by atoms with Gasteiger partial charge in [-0.2, -0.15) is 0 Å². The molecule has 0 spiro atoms. The van der Waals surface area contributed by atoms with Crippen LogP contribution in [0.2, 0.25) is 0 Å². The Morgan fingerprint density at radius 2 is 2.18 bits per heavy atom. The molecular formula is C21H21NO6. The average Bonchev–Trinajstić information content (AvgIpc) is 3.46. The summed E-state index contributed by atoms with van der Waals surface area (Å²) in [6.07, 6.45) is 3.01. The molecule has 2 aliphatic rings. The Labute approximate surface area is 162 Å². The molecule has 0 radical (unpaired) electrons. The summed E-state index contributed by atoms with van der Waals surface area (Å²) in [4.78, 5) is 27.4. The van der Waals surface area contributed by atoms with Crippen molar-refractivity contribution < 1.29 is 28.6 Å². The molecule has 28 heavy (non-hydrogen) atoms. The van der Waals surface area contributed by atoms with E-state index in [9.17, 15) is 14.7 Å². The van der Waals surface area contributed by atoms with Crippen molar-refractivity contribution in [1.29, 1.82) is 0 Å². The smallest absolute Gasteiger partial charge is 0.290 e. The maximum Gasteiger partial charge on any atom is 0.290 e. The highest BCUT2D eigenvalue weighted by molar-refractivity contribution is 6.15. The lowest BCUT2D eigenvalue weighted by atomic mass is 9.94. The van der Waals surface area contributed by atoms with Gasteiger partial charge in [-0.15, -0.1) is 0 Å². The Morgan fingerprint density at radius 1 is 1.32 bits per heavy atom. The Hall–Kier alpha value is -3.06. The van der Waals surface area contributed by atoms with Crippen LogP contribution in [-0.2, 0) is 9.53 Å². The second-order valence-electron chi connectivity index (χ2n) is 6.84. The third-order valence-corrected chi connectivity index (χ3v) is 5.13. The van der Waals surface area contributed by atoms with Crippen LogP contribution in [0.3, 0.4) is 0 Å². The monoisotopic (exact) mass is 383 g/mol. The molecule has 1 amide bonds. The highest BCUT2D eigenvalue weighted by atomic mass is 16.5. The normalized spacial score (nSPS) is 22.2. The van der Waals surface area contributed by atoms with E-state index < -0.39 is 23.5 Å². The van der Waals surface area contributed by atoms with Crippen LogP contribution in [0.5, 0.6) is 5.75 Å². The molecule has 7 nitrogen and oxygen atoms in total. The Kier molecular flexibility index (Phi) is 4.92. The van der Waals surface area contributed by atoms with Gasteiger partial charge >= 0.3 is 0 Å². The minimum absolute atomic E-state index is 0.00574. The molecule has 1 aromatic heterocycles. The molecule has 3 heterocycles. The first-order chi connectivity index (χ1) is 13.6. The number of ketones is 1. The third kappa shape index (κ3) is 3.18. The van der Waals surface area contributed by atoms with Gasteiger partial charge in [0.15, 0.2) is 11.5 Å².